The minimum absolute atomic E-state index is 0.00450. The van der Waals surface area contributed by atoms with Gasteiger partial charge in [0.15, 0.2) is 11.5 Å². The molecule has 2 aromatic carbocycles. The van der Waals surface area contributed by atoms with E-state index in [1.165, 1.54) is 4.52 Å². The number of primary amides is 1. The van der Waals surface area contributed by atoms with Crippen molar-refractivity contribution in [2.24, 2.45) is 5.73 Å². The van der Waals surface area contributed by atoms with E-state index in [0.717, 1.165) is 35.8 Å². The van der Waals surface area contributed by atoms with Gasteiger partial charge in [-0.05, 0) is 30.3 Å². The number of nitrogens with two attached hydrogens (primary N) is 2. The number of aromatic nitrogens is 5. The fourth-order valence-corrected chi connectivity index (χ4v) is 4.55. The number of rotatable bonds is 4. The average molecular weight is 513 g/mol. The Morgan fingerprint density at radius 2 is 1.82 bits per heavy atom. The number of aryl methyl sites for hydroxylation is 1. The molecule has 0 unspecified atom stereocenters. The lowest BCUT2D eigenvalue weighted by atomic mass is 10.1. The van der Waals surface area contributed by atoms with Gasteiger partial charge in [0.05, 0.1) is 35.5 Å². The van der Waals surface area contributed by atoms with Gasteiger partial charge in [0.2, 0.25) is 0 Å². The molecule has 1 aliphatic rings. The van der Waals surface area contributed by atoms with Crippen LogP contribution in [0.1, 0.15) is 23.1 Å². The molecule has 11 heteroatoms. The van der Waals surface area contributed by atoms with Crippen LogP contribution in [0.2, 0.25) is 0 Å². The first-order valence-corrected chi connectivity index (χ1v) is 12.3. The highest BCUT2D eigenvalue weighted by Gasteiger charge is 2.19. The summed E-state index contributed by atoms with van der Waals surface area (Å²) in [7, 11) is 0. The predicted molar refractivity (Wildman–Crippen MR) is 146 cm³/mol. The van der Waals surface area contributed by atoms with E-state index in [1.54, 1.807) is 23.0 Å². The van der Waals surface area contributed by atoms with Gasteiger partial charge in [0.1, 0.15) is 11.4 Å². The molecule has 4 heterocycles. The molecule has 3 aromatic heterocycles. The van der Waals surface area contributed by atoms with Gasteiger partial charge in [0, 0.05) is 31.9 Å². The van der Waals surface area contributed by atoms with E-state index in [0.29, 0.717) is 30.7 Å². The van der Waals surface area contributed by atoms with Gasteiger partial charge >= 0.3 is 0 Å². The number of ether oxygens (including phenoxy) is 1. The maximum absolute atomic E-state index is 13.4. The Labute approximate surface area is 218 Å². The summed E-state index contributed by atoms with van der Waals surface area (Å²) in [6.07, 6.45) is 3.88. The Morgan fingerprint density at radius 3 is 2.53 bits per heavy atom. The second-order valence-corrected chi connectivity index (χ2v) is 8.64. The highest BCUT2D eigenvalue weighted by atomic mass is 16.5. The number of hydrogen-bond acceptors (Lipinski definition) is 8. The third kappa shape index (κ3) is 4.66. The van der Waals surface area contributed by atoms with Gasteiger partial charge in [0.25, 0.3) is 11.5 Å². The predicted octanol–water partition coefficient (Wildman–Crippen LogP) is 2.20. The van der Waals surface area contributed by atoms with Gasteiger partial charge < -0.3 is 21.1 Å². The molecule has 0 radical (unpaired) electrons. The smallest absolute Gasteiger partial charge is 0.268 e. The van der Waals surface area contributed by atoms with E-state index < -0.39 is 5.91 Å². The summed E-state index contributed by atoms with van der Waals surface area (Å²) >= 11 is 0. The lowest BCUT2D eigenvalue weighted by Gasteiger charge is -2.29. The van der Waals surface area contributed by atoms with Crippen LogP contribution in [0, 0.1) is 0 Å². The molecule has 6 rings (SSSR count). The largest absolute Gasteiger partial charge is 0.381 e. The molecule has 0 saturated carbocycles. The van der Waals surface area contributed by atoms with Gasteiger partial charge in [-0.2, -0.15) is 0 Å². The van der Waals surface area contributed by atoms with Gasteiger partial charge in [-0.25, -0.2) is 14.5 Å². The summed E-state index contributed by atoms with van der Waals surface area (Å²) in [6.45, 7) is 4.98. The van der Waals surface area contributed by atoms with E-state index in [4.69, 9.17) is 21.2 Å². The molecule has 1 amide bonds. The number of benzene rings is 2. The average Bonchev–Trinajstić information content (AvgIpc) is 3.29. The molecule has 194 valence electrons. The number of nitrogens with zero attached hydrogens (tertiary/aromatic N) is 6. The molecule has 1 saturated heterocycles. The highest BCUT2D eigenvalue weighted by Crippen LogP contribution is 2.25. The van der Waals surface area contributed by atoms with Crippen LogP contribution in [-0.4, -0.2) is 56.4 Å². The Bertz CT molecular complexity index is 1660. The summed E-state index contributed by atoms with van der Waals surface area (Å²) < 4.78 is 8.61. The Morgan fingerprint density at radius 1 is 1.05 bits per heavy atom. The van der Waals surface area contributed by atoms with Crippen LogP contribution in [0.5, 0.6) is 0 Å². The zero-order valence-electron chi connectivity index (χ0n) is 20.9. The van der Waals surface area contributed by atoms with Crippen molar-refractivity contribution < 1.29 is 9.53 Å². The highest BCUT2D eigenvalue weighted by molar-refractivity contribution is 6.03. The number of fused-ring (bicyclic) bond motifs is 2. The fraction of sp³-hybridized carbons (Fsp3) is 0.222. The zero-order valence-corrected chi connectivity index (χ0v) is 20.9. The van der Waals surface area contributed by atoms with Crippen molar-refractivity contribution in [3.63, 3.8) is 0 Å². The number of anilines is 2. The van der Waals surface area contributed by atoms with Crippen LogP contribution in [-0.2, 0) is 11.2 Å². The summed E-state index contributed by atoms with van der Waals surface area (Å²) in [6, 6.07) is 17.3. The van der Waals surface area contributed by atoms with Crippen LogP contribution in [0.25, 0.3) is 22.2 Å². The Hall–Kier alpha value is -4.77. The summed E-state index contributed by atoms with van der Waals surface area (Å²) in [4.78, 5) is 35.3. The number of nitrogen functional groups attached to an aromatic ring is 1. The summed E-state index contributed by atoms with van der Waals surface area (Å²) in [5.41, 5.74) is 13.7. The van der Waals surface area contributed by atoms with E-state index in [2.05, 4.69) is 15.0 Å². The van der Waals surface area contributed by atoms with E-state index in [1.807, 2.05) is 55.5 Å². The molecule has 4 N–H and O–H groups in total. The molecule has 0 spiro atoms. The zero-order chi connectivity index (χ0) is 26.6. The van der Waals surface area contributed by atoms with Crippen molar-refractivity contribution in [2.45, 2.75) is 13.3 Å². The third-order valence-electron chi connectivity index (χ3n) is 6.30. The monoisotopic (exact) mass is 512 g/mol. The lowest BCUT2D eigenvalue weighted by molar-refractivity contribution is 0.100. The first kappa shape index (κ1) is 24.9. The van der Waals surface area contributed by atoms with Crippen molar-refractivity contribution in [1.29, 1.82) is 0 Å². The van der Waals surface area contributed by atoms with Crippen molar-refractivity contribution >= 4 is 34.0 Å². The van der Waals surface area contributed by atoms with Crippen molar-refractivity contribution in [3.05, 3.63) is 88.7 Å². The molecule has 11 nitrogen and oxygen atoms in total. The molecule has 0 atom stereocenters. The molecule has 0 bridgehead atoms. The van der Waals surface area contributed by atoms with Crippen LogP contribution in [0.4, 0.5) is 11.5 Å². The van der Waals surface area contributed by atoms with Gasteiger partial charge in [-0.15, -0.1) is 5.10 Å². The number of carbonyl (C=O) groups excluding carboxylic acids is 1. The van der Waals surface area contributed by atoms with Crippen LogP contribution >= 0.6 is 0 Å². The summed E-state index contributed by atoms with van der Waals surface area (Å²) in [5.74, 6) is 0.264. The van der Waals surface area contributed by atoms with Crippen LogP contribution in [0.15, 0.2) is 71.8 Å². The Balaban J connectivity index is 0.000000190. The molecular weight excluding hydrogens is 484 g/mol. The second-order valence-electron chi connectivity index (χ2n) is 8.64. The van der Waals surface area contributed by atoms with Crippen molar-refractivity contribution in [2.75, 3.05) is 36.9 Å². The standard InChI is InChI=1S/C20H21N3O2.C7H7N5O/c1-2-18-21-16-9-6-10-17(22-11-13-25-14-12-22)19(16)20(24)23(18)15-7-4-3-5-8-15;8-5-4(6(9)13)7-10-2-1-3-12(7)11-5/h3-10H,2,11-14H2,1H3;1-3H,(H2,8,11)(H2,9,13). The molecule has 0 aliphatic carbocycles. The number of hydrogen-bond donors (Lipinski definition) is 2. The molecule has 1 aliphatic heterocycles. The minimum Gasteiger partial charge on any atom is -0.381 e. The fourth-order valence-electron chi connectivity index (χ4n) is 4.55. The number of carbonyl (C=O) groups is 1. The normalized spacial score (nSPS) is 13.3. The SMILES string of the molecule is CCc1nc2cccc(N3CCOCC3)c2c(=O)n1-c1ccccc1.NC(=O)c1c(N)nn2cccnc12. The topological polar surface area (TPSA) is 147 Å². The first-order valence-electron chi connectivity index (χ1n) is 12.3. The minimum atomic E-state index is -0.619. The van der Waals surface area contributed by atoms with Gasteiger partial charge in [-0.1, -0.05) is 31.2 Å². The quantitative estimate of drug-likeness (QED) is 0.373. The van der Waals surface area contributed by atoms with Crippen molar-refractivity contribution in [1.82, 2.24) is 24.1 Å². The van der Waals surface area contributed by atoms with E-state index >= 15 is 0 Å². The molecule has 5 aromatic rings. The van der Waals surface area contributed by atoms with Crippen molar-refractivity contribution in [3.8, 4) is 5.69 Å². The van der Waals surface area contributed by atoms with Gasteiger partial charge in [-0.3, -0.25) is 14.2 Å². The maximum Gasteiger partial charge on any atom is 0.268 e. The number of amides is 1. The maximum atomic E-state index is 13.4. The van der Waals surface area contributed by atoms with E-state index in [9.17, 15) is 9.59 Å². The first-order chi connectivity index (χ1) is 18.5. The van der Waals surface area contributed by atoms with Crippen LogP contribution in [0.3, 0.4) is 0 Å². The second kappa shape index (κ2) is 10.7. The Kier molecular flexibility index (Phi) is 7.00. The molecule has 1 fully saturated rings. The lowest BCUT2D eigenvalue weighted by Crippen LogP contribution is -2.37. The third-order valence-corrected chi connectivity index (χ3v) is 6.30. The number of morpholine rings is 1. The molecule has 38 heavy (non-hydrogen) atoms. The molecular formula is C27H28N8O3. The van der Waals surface area contributed by atoms with Crippen LogP contribution < -0.4 is 21.9 Å². The van der Waals surface area contributed by atoms with E-state index in [-0.39, 0.29) is 16.9 Å². The number of para-hydroxylation sites is 1. The summed E-state index contributed by atoms with van der Waals surface area (Å²) in [5, 5.41) is 4.55.